The highest BCUT2D eigenvalue weighted by molar-refractivity contribution is 5.94. The van der Waals surface area contributed by atoms with E-state index in [-0.39, 0.29) is 5.91 Å². The average molecular weight is 382 g/mol. The first-order chi connectivity index (χ1) is 13.7. The van der Waals surface area contributed by atoms with Crippen LogP contribution in [0.1, 0.15) is 30.5 Å². The lowest BCUT2D eigenvalue weighted by molar-refractivity contribution is -0.117. The molecule has 0 bridgehead atoms. The van der Waals surface area contributed by atoms with Crippen molar-refractivity contribution in [3.8, 4) is 5.75 Å². The van der Waals surface area contributed by atoms with Crippen molar-refractivity contribution in [1.29, 1.82) is 0 Å². The van der Waals surface area contributed by atoms with Gasteiger partial charge in [0.15, 0.2) is 0 Å². The number of ether oxygens (including phenoxy) is 1. The molecule has 1 aliphatic heterocycles. The molecule has 0 aromatic heterocycles. The predicted molar refractivity (Wildman–Crippen MR) is 114 cm³/mol. The molecular weight excluding hydrogens is 350 g/mol. The molecule has 2 aromatic carbocycles. The van der Waals surface area contributed by atoms with E-state index >= 15 is 0 Å². The van der Waals surface area contributed by atoms with Crippen LogP contribution in [0.4, 0.5) is 5.69 Å². The number of anilines is 1. The highest BCUT2D eigenvalue weighted by Crippen LogP contribution is 2.29. The minimum Gasteiger partial charge on any atom is -0.489 e. The van der Waals surface area contributed by atoms with Gasteiger partial charge in [-0.05, 0) is 41.7 Å². The number of aryl methyl sites for hydroxylation is 2. The zero-order valence-corrected chi connectivity index (χ0v) is 17.0. The van der Waals surface area contributed by atoms with Crippen LogP contribution >= 0.6 is 0 Å². The summed E-state index contributed by atoms with van der Waals surface area (Å²) in [5.74, 6) is 0.918. The van der Waals surface area contributed by atoms with Crippen LogP contribution in [-0.2, 0) is 24.2 Å². The zero-order chi connectivity index (χ0) is 19.8. The molecule has 1 aliphatic rings. The minimum absolute atomic E-state index is 0.0595. The zero-order valence-electron chi connectivity index (χ0n) is 17.0. The summed E-state index contributed by atoms with van der Waals surface area (Å²) in [7, 11) is 0. The van der Waals surface area contributed by atoms with E-state index in [2.05, 4.69) is 53.6 Å². The Morgan fingerprint density at radius 1 is 1.07 bits per heavy atom. The SMILES string of the molecule is CCc1cc(OCc2ccccc2)cc(CC)c1NC(=O)CN1CCNCC1. The van der Waals surface area contributed by atoms with Gasteiger partial charge in [0.2, 0.25) is 5.91 Å². The number of nitrogens with one attached hydrogen (secondary N) is 2. The number of amides is 1. The standard InChI is InChI=1S/C23H31N3O2/c1-3-19-14-21(28-17-18-8-6-5-7-9-18)15-20(4-2)23(19)25-22(27)16-26-12-10-24-11-13-26/h5-9,14-15,24H,3-4,10-13,16-17H2,1-2H3,(H,25,27). The third-order valence-corrected chi connectivity index (χ3v) is 5.13. The fourth-order valence-corrected chi connectivity index (χ4v) is 3.53. The first-order valence-electron chi connectivity index (χ1n) is 10.2. The van der Waals surface area contributed by atoms with Crippen molar-refractivity contribution in [1.82, 2.24) is 10.2 Å². The molecular formula is C23H31N3O2. The number of benzene rings is 2. The molecule has 2 N–H and O–H groups in total. The van der Waals surface area contributed by atoms with Gasteiger partial charge in [0.25, 0.3) is 0 Å². The smallest absolute Gasteiger partial charge is 0.238 e. The molecule has 1 fully saturated rings. The summed E-state index contributed by atoms with van der Waals surface area (Å²) >= 11 is 0. The second kappa shape index (κ2) is 10.2. The molecule has 5 heteroatoms. The van der Waals surface area contributed by atoms with Crippen molar-refractivity contribution >= 4 is 11.6 Å². The van der Waals surface area contributed by atoms with Crippen molar-refractivity contribution in [3.05, 3.63) is 59.2 Å². The van der Waals surface area contributed by atoms with Crippen LogP contribution in [0.3, 0.4) is 0 Å². The van der Waals surface area contributed by atoms with E-state index < -0.39 is 0 Å². The lowest BCUT2D eigenvalue weighted by atomic mass is 10.0. The van der Waals surface area contributed by atoms with E-state index in [4.69, 9.17) is 4.74 Å². The predicted octanol–water partition coefficient (Wildman–Crippen LogP) is 3.23. The van der Waals surface area contributed by atoms with Crippen LogP contribution < -0.4 is 15.4 Å². The van der Waals surface area contributed by atoms with Crippen molar-refractivity contribution in [3.63, 3.8) is 0 Å². The number of carbonyl (C=O) groups is 1. The van der Waals surface area contributed by atoms with Gasteiger partial charge in [-0.15, -0.1) is 0 Å². The largest absolute Gasteiger partial charge is 0.489 e. The Labute approximate surface area is 168 Å². The molecule has 0 radical (unpaired) electrons. The lowest BCUT2D eigenvalue weighted by Gasteiger charge is -2.27. The van der Waals surface area contributed by atoms with Gasteiger partial charge in [-0.1, -0.05) is 44.2 Å². The van der Waals surface area contributed by atoms with Gasteiger partial charge in [0.05, 0.1) is 6.54 Å². The van der Waals surface area contributed by atoms with Gasteiger partial charge < -0.3 is 15.4 Å². The molecule has 0 atom stereocenters. The summed E-state index contributed by atoms with van der Waals surface area (Å²) in [5.41, 5.74) is 4.34. The Bertz CT molecular complexity index is 746. The molecule has 1 heterocycles. The highest BCUT2D eigenvalue weighted by atomic mass is 16.5. The van der Waals surface area contributed by atoms with Crippen LogP contribution in [0.15, 0.2) is 42.5 Å². The minimum atomic E-state index is 0.0595. The molecule has 0 saturated carbocycles. The topological polar surface area (TPSA) is 53.6 Å². The van der Waals surface area contributed by atoms with Gasteiger partial charge in [0, 0.05) is 31.9 Å². The summed E-state index contributed by atoms with van der Waals surface area (Å²) in [5, 5.41) is 6.49. The summed E-state index contributed by atoms with van der Waals surface area (Å²) in [6, 6.07) is 14.3. The quantitative estimate of drug-likeness (QED) is 0.737. The van der Waals surface area contributed by atoms with Gasteiger partial charge in [-0.3, -0.25) is 9.69 Å². The molecule has 5 nitrogen and oxygen atoms in total. The van der Waals surface area contributed by atoms with Gasteiger partial charge in [-0.25, -0.2) is 0 Å². The van der Waals surface area contributed by atoms with Crippen LogP contribution in [0, 0.1) is 0 Å². The van der Waals surface area contributed by atoms with Crippen molar-refractivity contribution in [2.24, 2.45) is 0 Å². The number of hydrogen-bond acceptors (Lipinski definition) is 4. The fourth-order valence-electron chi connectivity index (χ4n) is 3.53. The van der Waals surface area contributed by atoms with E-state index in [9.17, 15) is 4.79 Å². The molecule has 3 rings (SSSR count). The Kier molecular flexibility index (Phi) is 7.46. The average Bonchev–Trinajstić information content (AvgIpc) is 2.74. The number of piperazine rings is 1. The normalized spacial score (nSPS) is 14.6. The molecule has 150 valence electrons. The Balaban J connectivity index is 1.70. The first-order valence-corrected chi connectivity index (χ1v) is 10.2. The van der Waals surface area contributed by atoms with Gasteiger partial charge >= 0.3 is 0 Å². The van der Waals surface area contributed by atoms with Crippen molar-refractivity contribution in [2.75, 3.05) is 38.0 Å². The number of carbonyl (C=O) groups excluding carboxylic acids is 1. The first kappa shape index (κ1) is 20.4. The lowest BCUT2D eigenvalue weighted by Crippen LogP contribution is -2.46. The monoisotopic (exact) mass is 381 g/mol. The molecule has 2 aromatic rings. The number of nitrogens with zero attached hydrogens (tertiary/aromatic N) is 1. The Hall–Kier alpha value is -2.37. The van der Waals surface area contributed by atoms with Crippen molar-refractivity contribution in [2.45, 2.75) is 33.3 Å². The second-order valence-electron chi connectivity index (χ2n) is 7.17. The van der Waals surface area contributed by atoms with Crippen LogP contribution in [0.25, 0.3) is 0 Å². The van der Waals surface area contributed by atoms with Gasteiger partial charge in [0.1, 0.15) is 12.4 Å². The van der Waals surface area contributed by atoms with E-state index in [1.807, 2.05) is 18.2 Å². The number of rotatable bonds is 8. The van der Waals surface area contributed by atoms with Gasteiger partial charge in [-0.2, -0.15) is 0 Å². The van der Waals surface area contributed by atoms with Crippen LogP contribution in [0.2, 0.25) is 0 Å². The third-order valence-electron chi connectivity index (χ3n) is 5.13. The molecule has 1 amide bonds. The number of hydrogen-bond donors (Lipinski definition) is 2. The maximum absolute atomic E-state index is 12.6. The van der Waals surface area contributed by atoms with Crippen molar-refractivity contribution < 1.29 is 9.53 Å². The molecule has 1 saturated heterocycles. The van der Waals surface area contributed by atoms with E-state index in [1.54, 1.807) is 0 Å². The molecule has 0 unspecified atom stereocenters. The molecule has 28 heavy (non-hydrogen) atoms. The highest BCUT2D eigenvalue weighted by Gasteiger charge is 2.17. The second-order valence-corrected chi connectivity index (χ2v) is 7.17. The molecule has 0 aliphatic carbocycles. The van der Waals surface area contributed by atoms with Crippen LogP contribution in [-0.4, -0.2) is 43.5 Å². The van der Waals surface area contributed by atoms with Crippen LogP contribution in [0.5, 0.6) is 5.75 Å². The molecule has 0 spiro atoms. The summed E-state index contributed by atoms with van der Waals surface area (Å²) < 4.78 is 6.03. The van der Waals surface area contributed by atoms with E-state index in [0.717, 1.165) is 67.1 Å². The third kappa shape index (κ3) is 5.57. The Morgan fingerprint density at radius 3 is 2.32 bits per heavy atom. The van der Waals surface area contributed by atoms with E-state index in [0.29, 0.717) is 13.2 Å². The van der Waals surface area contributed by atoms with E-state index in [1.165, 1.54) is 0 Å². The maximum atomic E-state index is 12.6. The summed E-state index contributed by atoms with van der Waals surface area (Å²) in [6.45, 7) is 8.94. The Morgan fingerprint density at radius 2 is 1.71 bits per heavy atom. The maximum Gasteiger partial charge on any atom is 0.238 e. The fraction of sp³-hybridized carbons (Fsp3) is 0.435. The summed E-state index contributed by atoms with van der Waals surface area (Å²) in [6.07, 6.45) is 1.69. The summed E-state index contributed by atoms with van der Waals surface area (Å²) in [4.78, 5) is 14.8.